The largest absolute Gasteiger partial charge is 0.490 e. The second-order valence-electron chi connectivity index (χ2n) is 11.9. The van der Waals surface area contributed by atoms with Crippen LogP contribution in [0.1, 0.15) is 66.7 Å². The van der Waals surface area contributed by atoms with Crippen LogP contribution in [0.5, 0.6) is 5.75 Å². The molecule has 0 aromatic heterocycles. The van der Waals surface area contributed by atoms with Crippen molar-refractivity contribution in [3.63, 3.8) is 0 Å². The van der Waals surface area contributed by atoms with E-state index in [2.05, 4.69) is 91.3 Å². The fourth-order valence-corrected chi connectivity index (χ4v) is 6.99. The monoisotopic (exact) mass is 706 g/mol. The minimum atomic E-state index is -0.519. The topological polar surface area (TPSA) is 57.2 Å². The van der Waals surface area contributed by atoms with E-state index >= 15 is 0 Å². The molecule has 1 aliphatic heterocycles. The molecule has 4 aromatic carbocycles. The second kappa shape index (κ2) is 16.9. The fraction of sp³-hybridized carbons (Fsp3) is 0.385. The van der Waals surface area contributed by atoms with Gasteiger partial charge in [-0.1, -0.05) is 117 Å². The molecule has 1 N–H and O–H groups in total. The number of aryl methyl sites for hydroxylation is 1. The Morgan fingerprint density at radius 2 is 1.39 bits per heavy atom. The number of hydrogen-bond donors (Lipinski definition) is 1. The summed E-state index contributed by atoms with van der Waals surface area (Å²) in [6.45, 7) is 7.33. The first-order valence-electron chi connectivity index (χ1n) is 16.2. The molecule has 46 heavy (non-hydrogen) atoms. The van der Waals surface area contributed by atoms with Crippen molar-refractivity contribution < 1.29 is 24.1 Å². The Bertz CT molecular complexity index is 1520. The highest BCUT2D eigenvalue weighted by atomic mass is 79.9. The number of hydrogen-bond acceptors (Lipinski definition) is 5. The molecule has 5 rings (SSSR count). The van der Waals surface area contributed by atoms with E-state index in [4.69, 9.17) is 30.5 Å². The summed E-state index contributed by atoms with van der Waals surface area (Å²) in [6, 6.07) is 31.1. The summed E-state index contributed by atoms with van der Waals surface area (Å²) in [5, 5.41) is 10.3. The summed E-state index contributed by atoms with van der Waals surface area (Å²) in [4.78, 5) is 0. The molecule has 244 valence electrons. The van der Waals surface area contributed by atoms with Gasteiger partial charge in [0.2, 0.25) is 0 Å². The zero-order chi connectivity index (χ0) is 32.5. The van der Waals surface area contributed by atoms with Gasteiger partial charge < -0.3 is 24.1 Å². The van der Waals surface area contributed by atoms with Crippen molar-refractivity contribution in [1.29, 1.82) is 0 Å². The first kappa shape index (κ1) is 34.6. The van der Waals surface area contributed by atoms with E-state index in [0.717, 1.165) is 40.7 Å². The highest BCUT2D eigenvalue weighted by Crippen LogP contribution is 2.48. The number of benzene rings is 4. The Morgan fingerprint density at radius 3 is 1.96 bits per heavy atom. The second-order valence-corrected chi connectivity index (χ2v) is 13.1. The quantitative estimate of drug-likeness (QED) is 0.142. The molecule has 4 aromatic rings. The Morgan fingerprint density at radius 1 is 0.804 bits per heavy atom. The van der Waals surface area contributed by atoms with Crippen LogP contribution in [0.25, 0.3) is 0 Å². The van der Waals surface area contributed by atoms with Gasteiger partial charge in [0.05, 0.1) is 41.5 Å². The molecule has 1 saturated heterocycles. The lowest BCUT2D eigenvalue weighted by Crippen LogP contribution is -2.51. The van der Waals surface area contributed by atoms with Gasteiger partial charge in [0.15, 0.2) is 0 Å². The van der Waals surface area contributed by atoms with Crippen molar-refractivity contribution >= 4 is 27.5 Å². The van der Waals surface area contributed by atoms with Gasteiger partial charge >= 0.3 is 0 Å². The summed E-state index contributed by atoms with van der Waals surface area (Å²) in [7, 11) is 0. The van der Waals surface area contributed by atoms with E-state index in [1.165, 1.54) is 5.56 Å². The minimum absolute atomic E-state index is 0.0693. The molecule has 0 aliphatic carbocycles. The molecule has 1 unspecified atom stereocenters. The third-order valence-electron chi connectivity index (χ3n) is 8.76. The van der Waals surface area contributed by atoms with Crippen molar-refractivity contribution in [1.82, 2.24) is 0 Å². The minimum Gasteiger partial charge on any atom is -0.490 e. The highest BCUT2D eigenvalue weighted by molar-refractivity contribution is 9.10. The third kappa shape index (κ3) is 8.41. The van der Waals surface area contributed by atoms with Crippen molar-refractivity contribution in [3.8, 4) is 5.75 Å². The molecule has 5 atom stereocenters. The maximum Gasteiger partial charge on any atom is 0.141 e. The third-order valence-corrected chi connectivity index (χ3v) is 10.2. The summed E-state index contributed by atoms with van der Waals surface area (Å²) < 4.78 is 27.4. The fourth-order valence-electron chi connectivity index (χ4n) is 6.18. The molecule has 5 nitrogen and oxygen atoms in total. The van der Waals surface area contributed by atoms with E-state index in [-0.39, 0.29) is 31.3 Å². The lowest BCUT2D eigenvalue weighted by Gasteiger charge is -2.46. The average Bonchev–Trinajstić information content (AvgIpc) is 3.09. The van der Waals surface area contributed by atoms with Crippen LogP contribution in [-0.2, 0) is 40.3 Å². The Kier molecular flexibility index (Phi) is 12.7. The number of ether oxygens (including phenoxy) is 4. The standard InChI is InChI=1S/C39H44BrClO5/c1-4-27-16-18-28(19-17-27)22-31-23-32(37(43-21-20-42)34(40)35(31)41)38-39(45-25-30-14-10-7-11-15-30)36(26(3)33(5-2)46-38)44-24-29-12-8-6-9-13-29/h6-19,23,26,33,36,38-39,42H,4-5,20-22,24-25H2,1-3H3/t26-,33-,36+,38?,39-/m1/s1. The normalized spacial score (nSPS) is 21.3. The summed E-state index contributed by atoms with van der Waals surface area (Å²) in [5.74, 6) is 0.619. The van der Waals surface area contributed by atoms with Gasteiger partial charge in [0.25, 0.3) is 0 Å². The van der Waals surface area contributed by atoms with Crippen LogP contribution in [0.3, 0.4) is 0 Å². The molecular formula is C39H44BrClO5. The molecule has 0 saturated carbocycles. The Balaban J connectivity index is 1.58. The lowest BCUT2D eigenvalue weighted by molar-refractivity contribution is -0.235. The van der Waals surface area contributed by atoms with Gasteiger partial charge in [-0.3, -0.25) is 0 Å². The van der Waals surface area contributed by atoms with Crippen molar-refractivity contribution in [2.24, 2.45) is 5.92 Å². The van der Waals surface area contributed by atoms with E-state index < -0.39 is 12.2 Å². The number of aliphatic hydroxyl groups excluding tert-OH is 1. The molecule has 1 heterocycles. The van der Waals surface area contributed by atoms with E-state index in [1.807, 2.05) is 36.4 Å². The smallest absolute Gasteiger partial charge is 0.141 e. The first-order valence-corrected chi connectivity index (χ1v) is 17.4. The highest BCUT2D eigenvalue weighted by Gasteiger charge is 2.46. The number of rotatable bonds is 14. The van der Waals surface area contributed by atoms with Crippen LogP contribution in [-0.4, -0.2) is 36.6 Å². The van der Waals surface area contributed by atoms with E-state index in [0.29, 0.717) is 34.9 Å². The maximum atomic E-state index is 9.73. The Hall–Kier alpha value is -2.71. The molecule has 1 fully saturated rings. The molecular weight excluding hydrogens is 664 g/mol. The molecule has 0 radical (unpaired) electrons. The van der Waals surface area contributed by atoms with Gasteiger partial charge in [0, 0.05) is 11.5 Å². The average molecular weight is 708 g/mol. The van der Waals surface area contributed by atoms with Crippen LogP contribution in [0.4, 0.5) is 0 Å². The first-order chi connectivity index (χ1) is 22.4. The van der Waals surface area contributed by atoms with Crippen LogP contribution in [0, 0.1) is 5.92 Å². The Labute approximate surface area is 286 Å². The molecule has 0 amide bonds. The maximum absolute atomic E-state index is 9.73. The van der Waals surface area contributed by atoms with Crippen LogP contribution >= 0.6 is 27.5 Å². The van der Waals surface area contributed by atoms with E-state index in [1.54, 1.807) is 0 Å². The van der Waals surface area contributed by atoms with Gasteiger partial charge in [-0.2, -0.15) is 0 Å². The molecule has 0 spiro atoms. The molecule has 7 heteroatoms. The van der Waals surface area contributed by atoms with Crippen molar-refractivity contribution in [3.05, 3.63) is 134 Å². The summed E-state index contributed by atoms with van der Waals surface area (Å²) in [5.41, 5.74) is 6.39. The predicted octanol–water partition coefficient (Wildman–Crippen LogP) is 9.28. The summed E-state index contributed by atoms with van der Waals surface area (Å²) in [6.07, 6.45) is 1.12. The van der Waals surface area contributed by atoms with Crippen molar-refractivity contribution in [2.45, 2.75) is 77.7 Å². The molecule has 0 bridgehead atoms. The van der Waals surface area contributed by atoms with Gasteiger partial charge in [-0.15, -0.1) is 0 Å². The van der Waals surface area contributed by atoms with Gasteiger partial charge in [0.1, 0.15) is 24.6 Å². The number of aliphatic hydroxyl groups is 1. The number of halogens is 2. The van der Waals surface area contributed by atoms with Crippen LogP contribution in [0.2, 0.25) is 5.02 Å². The summed E-state index contributed by atoms with van der Waals surface area (Å²) >= 11 is 10.8. The van der Waals surface area contributed by atoms with E-state index in [9.17, 15) is 5.11 Å². The molecule has 1 aliphatic rings. The van der Waals surface area contributed by atoms with Gasteiger partial charge in [-0.25, -0.2) is 0 Å². The lowest BCUT2D eigenvalue weighted by atomic mass is 9.83. The van der Waals surface area contributed by atoms with Crippen LogP contribution in [0.15, 0.2) is 95.5 Å². The van der Waals surface area contributed by atoms with Crippen molar-refractivity contribution in [2.75, 3.05) is 13.2 Å². The van der Waals surface area contributed by atoms with Crippen LogP contribution < -0.4 is 4.74 Å². The zero-order valence-corrected chi connectivity index (χ0v) is 29.2. The SMILES string of the molecule is CCc1ccc(Cc2cc(C3O[C@H](CC)[C@@H](C)[C@H](OCc4ccccc4)[C@H]3OCc3ccccc3)c(OCCO)c(Br)c2Cl)cc1. The van der Waals surface area contributed by atoms with Gasteiger partial charge in [-0.05, 0) is 69.1 Å². The predicted molar refractivity (Wildman–Crippen MR) is 187 cm³/mol. The zero-order valence-electron chi connectivity index (χ0n) is 26.8.